The summed E-state index contributed by atoms with van der Waals surface area (Å²) in [5, 5.41) is 3.49. The Morgan fingerprint density at radius 3 is 2.54 bits per heavy atom. The van der Waals surface area contributed by atoms with E-state index in [-0.39, 0.29) is 5.91 Å². The number of carbonyl (C=O) groups excluding carboxylic acids is 1. The van der Waals surface area contributed by atoms with Gasteiger partial charge in [0, 0.05) is 16.0 Å². The van der Waals surface area contributed by atoms with Crippen LogP contribution in [0.3, 0.4) is 0 Å². The van der Waals surface area contributed by atoms with Gasteiger partial charge in [0.1, 0.15) is 5.75 Å². The molecular formula is C21H22N2O2S. The first-order valence-corrected chi connectivity index (χ1v) is 9.56. The summed E-state index contributed by atoms with van der Waals surface area (Å²) >= 11 is 1.48. The highest BCUT2D eigenvalue weighted by Crippen LogP contribution is 2.30. The fraction of sp³-hybridized carbons (Fsp3) is 0.238. The average molecular weight is 366 g/mol. The second-order valence-electron chi connectivity index (χ2n) is 5.97. The van der Waals surface area contributed by atoms with Crippen LogP contribution in [0.2, 0.25) is 0 Å². The van der Waals surface area contributed by atoms with E-state index < -0.39 is 0 Å². The maximum atomic E-state index is 12.5. The van der Waals surface area contributed by atoms with E-state index >= 15 is 0 Å². The first kappa shape index (κ1) is 18.1. The number of rotatable bonds is 7. The second-order valence-corrected chi connectivity index (χ2v) is 7.17. The molecule has 3 aromatic rings. The molecule has 0 aliphatic carbocycles. The molecule has 1 amide bonds. The predicted molar refractivity (Wildman–Crippen MR) is 107 cm³/mol. The zero-order chi connectivity index (χ0) is 18.4. The summed E-state index contributed by atoms with van der Waals surface area (Å²) in [6.45, 7) is 4.83. The van der Waals surface area contributed by atoms with Gasteiger partial charge in [-0.25, -0.2) is 4.98 Å². The van der Waals surface area contributed by atoms with Gasteiger partial charge in [-0.15, -0.1) is 11.3 Å². The molecule has 0 bridgehead atoms. The lowest BCUT2D eigenvalue weighted by Crippen LogP contribution is -2.11. The van der Waals surface area contributed by atoms with Crippen LogP contribution in [-0.2, 0) is 0 Å². The number of thiazole rings is 1. The fourth-order valence-electron chi connectivity index (χ4n) is 2.52. The normalized spacial score (nSPS) is 10.5. The van der Waals surface area contributed by atoms with Crippen molar-refractivity contribution in [2.75, 3.05) is 11.9 Å². The van der Waals surface area contributed by atoms with Crippen molar-refractivity contribution < 1.29 is 9.53 Å². The number of amides is 1. The standard InChI is InChI=1S/C21H22N2O2S/c1-3-4-14-25-18-12-10-17(11-13-18)20(24)23-21-22-19(15(2)26-21)16-8-6-5-7-9-16/h5-13H,3-4,14H2,1-2H3,(H,22,23,24). The lowest BCUT2D eigenvalue weighted by molar-refractivity contribution is 0.102. The Kier molecular flexibility index (Phi) is 6.02. The van der Waals surface area contributed by atoms with Crippen LogP contribution in [0.15, 0.2) is 54.6 Å². The van der Waals surface area contributed by atoms with Crippen LogP contribution >= 0.6 is 11.3 Å². The van der Waals surface area contributed by atoms with Crippen LogP contribution in [0.5, 0.6) is 5.75 Å². The van der Waals surface area contributed by atoms with Crippen molar-refractivity contribution in [3.63, 3.8) is 0 Å². The average Bonchev–Trinajstić information content (AvgIpc) is 3.03. The van der Waals surface area contributed by atoms with E-state index in [9.17, 15) is 4.79 Å². The number of aromatic nitrogens is 1. The zero-order valence-corrected chi connectivity index (χ0v) is 15.8. The van der Waals surface area contributed by atoms with Crippen molar-refractivity contribution in [1.82, 2.24) is 4.98 Å². The van der Waals surface area contributed by atoms with Gasteiger partial charge in [-0.05, 0) is 37.6 Å². The molecule has 134 valence electrons. The summed E-state index contributed by atoms with van der Waals surface area (Å²) in [6, 6.07) is 17.2. The van der Waals surface area contributed by atoms with Crippen LogP contribution in [-0.4, -0.2) is 17.5 Å². The Hall–Kier alpha value is -2.66. The number of nitrogens with zero attached hydrogens (tertiary/aromatic N) is 1. The number of hydrogen-bond donors (Lipinski definition) is 1. The quantitative estimate of drug-likeness (QED) is 0.558. The molecular weight excluding hydrogens is 344 g/mol. The molecule has 0 fully saturated rings. The number of anilines is 1. The van der Waals surface area contributed by atoms with Gasteiger partial charge in [0.25, 0.3) is 5.91 Å². The molecule has 0 saturated heterocycles. The Labute approximate surface area is 157 Å². The van der Waals surface area contributed by atoms with Gasteiger partial charge in [0.05, 0.1) is 12.3 Å². The maximum absolute atomic E-state index is 12.5. The first-order chi connectivity index (χ1) is 12.7. The predicted octanol–water partition coefficient (Wildman–Crippen LogP) is 5.55. The van der Waals surface area contributed by atoms with Crippen molar-refractivity contribution in [2.24, 2.45) is 0 Å². The van der Waals surface area contributed by atoms with Crippen molar-refractivity contribution >= 4 is 22.4 Å². The van der Waals surface area contributed by atoms with Crippen molar-refractivity contribution in [2.45, 2.75) is 26.7 Å². The van der Waals surface area contributed by atoms with E-state index in [0.29, 0.717) is 17.3 Å². The molecule has 0 unspecified atom stereocenters. The topological polar surface area (TPSA) is 51.2 Å². The van der Waals surface area contributed by atoms with Gasteiger partial charge < -0.3 is 4.74 Å². The highest BCUT2D eigenvalue weighted by atomic mass is 32.1. The molecule has 1 N–H and O–H groups in total. The maximum Gasteiger partial charge on any atom is 0.257 e. The number of ether oxygens (including phenoxy) is 1. The lowest BCUT2D eigenvalue weighted by Gasteiger charge is -2.06. The number of carbonyl (C=O) groups is 1. The summed E-state index contributed by atoms with van der Waals surface area (Å²) in [6.07, 6.45) is 2.12. The van der Waals surface area contributed by atoms with Crippen molar-refractivity contribution in [3.05, 3.63) is 65.0 Å². The van der Waals surface area contributed by atoms with Gasteiger partial charge in [0.15, 0.2) is 5.13 Å². The van der Waals surface area contributed by atoms with E-state index in [1.807, 2.05) is 49.4 Å². The van der Waals surface area contributed by atoms with Crippen LogP contribution < -0.4 is 10.1 Å². The molecule has 0 spiro atoms. The molecule has 0 aliphatic rings. The molecule has 0 aliphatic heterocycles. The summed E-state index contributed by atoms with van der Waals surface area (Å²) in [4.78, 5) is 18.1. The number of benzene rings is 2. The van der Waals surface area contributed by atoms with Crippen LogP contribution in [0.4, 0.5) is 5.13 Å². The third-order valence-electron chi connectivity index (χ3n) is 3.95. The van der Waals surface area contributed by atoms with Gasteiger partial charge in [0.2, 0.25) is 0 Å². The minimum atomic E-state index is -0.168. The number of unbranched alkanes of at least 4 members (excludes halogenated alkanes) is 1. The van der Waals surface area contributed by atoms with E-state index in [1.165, 1.54) is 11.3 Å². The highest BCUT2D eigenvalue weighted by Gasteiger charge is 2.13. The van der Waals surface area contributed by atoms with Gasteiger partial charge in [-0.2, -0.15) is 0 Å². The summed E-state index contributed by atoms with van der Waals surface area (Å²) < 4.78 is 5.63. The smallest absolute Gasteiger partial charge is 0.257 e. The van der Waals surface area contributed by atoms with E-state index in [2.05, 4.69) is 17.2 Å². The van der Waals surface area contributed by atoms with Gasteiger partial charge in [-0.3, -0.25) is 10.1 Å². The third kappa shape index (κ3) is 4.49. The molecule has 4 nitrogen and oxygen atoms in total. The Balaban J connectivity index is 1.67. The van der Waals surface area contributed by atoms with Gasteiger partial charge >= 0.3 is 0 Å². The summed E-state index contributed by atoms with van der Waals surface area (Å²) in [5.74, 6) is 0.616. The van der Waals surface area contributed by atoms with Crippen molar-refractivity contribution in [3.8, 4) is 17.0 Å². The highest BCUT2D eigenvalue weighted by molar-refractivity contribution is 7.16. The van der Waals surface area contributed by atoms with E-state index in [1.54, 1.807) is 12.1 Å². The van der Waals surface area contributed by atoms with Gasteiger partial charge in [-0.1, -0.05) is 43.7 Å². The lowest BCUT2D eigenvalue weighted by atomic mass is 10.1. The minimum Gasteiger partial charge on any atom is -0.494 e. The molecule has 0 atom stereocenters. The minimum absolute atomic E-state index is 0.168. The SMILES string of the molecule is CCCCOc1ccc(C(=O)Nc2nc(-c3ccccc3)c(C)s2)cc1. The number of hydrogen-bond acceptors (Lipinski definition) is 4. The van der Waals surface area contributed by atoms with Crippen LogP contribution in [0, 0.1) is 6.92 Å². The van der Waals surface area contributed by atoms with Crippen molar-refractivity contribution in [1.29, 1.82) is 0 Å². The second kappa shape index (κ2) is 8.63. The molecule has 0 radical (unpaired) electrons. The van der Waals surface area contributed by atoms with E-state index in [4.69, 9.17) is 4.74 Å². The molecule has 3 rings (SSSR count). The van der Waals surface area contributed by atoms with E-state index in [0.717, 1.165) is 34.7 Å². The third-order valence-corrected chi connectivity index (χ3v) is 4.83. The molecule has 5 heteroatoms. The van der Waals surface area contributed by atoms with Crippen LogP contribution in [0.25, 0.3) is 11.3 Å². The number of aryl methyl sites for hydroxylation is 1. The Morgan fingerprint density at radius 2 is 1.85 bits per heavy atom. The Bertz CT molecular complexity index is 857. The molecule has 1 aromatic heterocycles. The fourth-order valence-corrected chi connectivity index (χ4v) is 3.35. The molecule has 0 saturated carbocycles. The Morgan fingerprint density at radius 1 is 1.12 bits per heavy atom. The van der Waals surface area contributed by atoms with Crippen LogP contribution in [0.1, 0.15) is 35.0 Å². The zero-order valence-electron chi connectivity index (χ0n) is 15.0. The first-order valence-electron chi connectivity index (χ1n) is 8.74. The molecule has 1 heterocycles. The largest absolute Gasteiger partial charge is 0.494 e. The summed E-state index contributed by atoms with van der Waals surface area (Å²) in [5.41, 5.74) is 2.54. The molecule has 2 aromatic carbocycles. The number of nitrogens with one attached hydrogen (secondary N) is 1. The monoisotopic (exact) mass is 366 g/mol. The summed E-state index contributed by atoms with van der Waals surface area (Å²) in [7, 11) is 0. The molecule has 26 heavy (non-hydrogen) atoms.